The van der Waals surface area contributed by atoms with Crippen LogP contribution in [0.2, 0.25) is 0 Å². The zero-order chi connectivity index (χ0) is 16.5. The van der Waals surface area contributed by atoms with Crippen LogP contribution in [0, 0.1) is 0 Å². The molecule has 0 aliphatic carbocycles. The Balaban J connectivity index is 1.58. The largest absolute Gasteiger partial charge is 0.375 e. The second kappa shape index (κ2) is 8.90. The van der Waals surface area contributed by atoms with Crippen molar-refractivity contribution in [2.45, 2.75) is 13.2 Å². The first-order chi connectivity index (χ1) is 11.9. The number of hydrogen-bond donors (Lipinski definition) is 0. The molecule has 0 aliphatic rings. The van der Waals surface area contributed by atoms with Crippen LogP contribution in [-0.2, 0) is 17.9 Å². The molecule has 3 aromatic rings. The minimum absolute atomic E-state index is 0.662. The molecule has 0 bridgehead atoms. The molecule has 0 amide bonds. The van der Waals surface area contributed by atoms with Gasteiger partial charge in [-0.3, -0.25) is 0 Å². The minimum atomic E-state index is 0.662. The molecule has 0 aliphatic heterocycles. The smallest absolute Gasteiger partial charge is 0.0717 e. The molecule has 2 nitrogen and oxygen atoms in total. The van der Waals surface area contributed by atoms with Crippen LogP contribution in [0.1, 0.15) is 11.1 Å². The molecule has 0 saturated heterocycles. The van der Waals surface area contributed by atoms with Crippen LogP contribution in [-0.4, -0.2) is 13.2 Å². The van der Waals surface area contributed by atoms with Gasteiger partial charge in [0.05, 0.1) is 13.2 Å². The van der Waals surface area contributed by atoms with Gasteiger partial charge in [-0.2, -0.15) is 0 Å². The third-order valence-corrected chi connectivity index (χ3v) is 3.95. The van der Waals surface area contributed by atoms with E-state index in [2.05, 4.69) is 77.7 Å². The third kappa shape index (κ3) is 4.97. The quantitative estimate of drug-likeness (QED) is 0.547. The Hall–Kier alpha value is -2.58. The normalized spacial score (nSPS) is 10.5. The summed E-state index contributed by atoms with van der Waals surface area (Å²) in [6.45, 7) is 3.12. The fraction of sp³-hybridized carbons (Fsp3) is 0.182. The lowest BCUT2D eigenvalue weighted by atomic mass is 10.2. The van der Waals surface area contributed by atoms with Gasteiger partial charge in [-0.15, -0.1) is 0 Å². The number of anilines is 1. The number of rotatable bonds is 8. The van der Waals surface area contributed by atoms with Crippen LogP contribution >= 0.6 is 0 Å². The molecule has 0 unspecified atom stereocenters. The first kappa shape index (κ1) is 16.3. The Bertz CT molecular complexity index is 698. The average molecular weight is 317 g/mol. The maximum Gasteiger partial charge on any atom is 0.0717 e. The predicted molar refractivity (Wildman–Crippen MR) is 100 cm³/mol. The van der Waals surface area contributed by atoms with Crippen molar-refractivity contribution >= 4 is 5.69 Å². The van der Waals surface area contributed by atoms with E-state index < -0.39 is 0 Å². The maximum atomic E-state index is 5.87. The van der Waals surface area contributed by atoms with E-state index in [0.29, 0.717) is 13.2 Å². The first-order valence-corrected chi connectivity index (χ1v) is 8.37. The molecule has 122 valence electrons. The molecule has 0 aromatic heterocycles. The number of nitrogens with zero attached hydrogens (tertiary/aromatic N) is 1. The number of para-hydroxylation sites is 1. The van der Waals surface area contributed by atoms with Crippen molar-refractivity contribution in [3.05, 3.63) is 102 Å². The van der Waals surface area contributed by atoms with Crippen LogP contribution in [0.5, 0.6) is 0 Å². The molecule has 24 heavy (non-hydrogen) atoms. The van der Waals surface area contributed by atoms with E-state index in [9.17, 15) is 0 Å². The summed E-state index contributed by atoms with van der Waals surface area (Å²) < 4.78 is 5.87. The molecular weight excluding hydrogens is 294 g/mol. The fourth-order valence-corrected chi connectivity index (χ4v) is 2.68. The lowest BCUT2D eigenvalue weighted by Gasteiger charge is -2.25. The summed E-state index contributed by atoms with van der Waals surface area (Å²) in [6, 6.07) is 31.4. The first-order valence-electron chi connectivity index (χ1n) is 8.37. The lowest BCUT2D eigenvalue weighted by Crippen LogP contribution is -2.26. The van der Waals surface area contributed by atoms with Gasteiger partial charge in [-0.25, -0.2) is 0 Å². The summed E-state index contributed by atoms with van der Waals surface area (Å²) in [5, 5.41) is 0. The summed E-state index contributed by atoms with van der Waals surface area (Å²) in [4.78, 5) is 2.36. The molecule has 0 heterocycles. The summed E-state index contributed by atoms with van der Waals surface area (Å²) >= 11 is 0. The Morgan fingerprint density at radius 2 is 1.17 bits per heavy atom. The molecular formula is C22H23NO. The minimum Gasteiger partial charge on any atom is -0.375 e. The summed E-state index contributed by atoms with van der Waals surface area (Å²) in [5.41, 5.74) is 3.75. The second-order valence-corrected chi connectivity index (χ2v) is 5.78. The lowest BCUT2D eigenvalue weighted by molar-refractivity contribution is 0.126. The van der Waals surface area contributed by atoms with Crippen molar-refractivity contribution in [2.75, 3.05) is 18.1 Å². The van der Waals surface area contributed by atoms with E-state index in [0.717, 1.165) is 13.1 Å². The van der Waals surface area contributed by atoms with Gasteiger partial charge in [-0.1, -0.05) is 78.9 Å². The molecule has 2 heteroatoms. The highest BCUT2D eigenvalue weighted by Crippen LogP contribution is 2.16. The van der Waals surface area contributed by atoms with Crippen molar-refractivity contribution < 1.29 is 4.74 Å². The van der Waals surface area contributed by atoms with E-state index in [-0.39, 0.29) is 0 Å². The van der Waals surface area contributed by atoms with E-state index in [1.165, 1.54) is 16.8 Å². The summed E-state index contributed by atoms with van der Waals surface area (Å²) in [7, 11) is 0. The Labute approximate surface area is 144 Å². The van der Waals surface area contributed by atoms with Crippen molar-refractivity contribution in [1.29, 1.82) is 0 Å². The number of benzene rings is 3. The van der Waals surface area contributed by atoms with Crippen LogP contribution in [0.3, 0.4) is 0 Å². The molecule has 0 saturated carbocycles. The Morgan fingerprint density at radius 3 is 1.79 bits per heavy atom. The molecule has 0 fully saturated rings. The summed E-state index contributed by atoms with van der Waals surface area (Å²) in [5.74, 6) is 0. The molecule has 3 rings (SSSR count). The Kier molecular flexibility index (Phi) is 6.04. The van der Waals surface area contributed by atoms with Gasteiger partial charge in [0.2, 0.25) is 0 Å². The van der Waals surface area contributed by atoms with Crippen LogP contribution in [0.15, 0.2) is 91.0 Å². The zero-order valence-corrected chi connectivity index (χ0v) is 13.8. The highest BCUT2D eigenvalue weighted by atomic mass is 16.5. The van der Waals surface area contributed by atoms with Gasteiger partial charge in [0.15, 0.2) is 0 Å². The fourth-order valence-electron chi connectivity index (χ4n) is 2.68. The topological polar surface area (TPSA) is 12.5 Å². The standard InChI is InChI=1S/C22H23NO/c1-4-10-20(11-5-1)18-23(22-14-8-3-9-15-22)16-17-24-19-21-12-6-2-7-13-21/h1-15H,16-19H2. The van der Waals surface area contributed by atoms with E-state index in [1.54, 1.807) is 0 Å². The molecule has 0 atom stereocenters. The van der Waals surface area contributed by atoms with Crippen LogP contribution in [0.25, 0.3) is 0 Å². The SMILES string of the molecule is c1ccc(COCCN(Cc2ccccc2)c2ccccc2)cc1. The van der Waals surface area contributed by atoms with Crippen molar-refractivity contribution in [1.82, 2.24) is 0 Å². The maximum absolute atomic E-state index is 5.87. The van der Waals surface area contributed by atoms with Gasteiger partial charge >= 0.3 is 0 Å². The number of ether oxygens (including phenoxy) is 1. The van der Waals surface area contributed by atoms with Gasteiger partial charge < -0.3 is 9.64 Å². The molecule has 0 spiro atoms. The highest BCUT2D eigenvalue weighted by molar-refractivity contribution is 5.46. The third-order valence-electron chi connectivity index (χ3n) is 3.95. The van der Waals surface area contributed by atoms with E-state index >= 15 is 0 Å². The van der Waals surface area contributed by atoms with Crippen molar-refractivity contribution in [3.8, 4) is 0 Å². The number of hydrogen-bond acceptors (Lipinski definition) is 2. The van der Waals surface area contributed by atoms with Crippen LogP contribution in [0.4, 0.5) is 5.69 Å². The Morgan fingerprint density at radius 1 is 0.625 bits per heavy atom. The predicted octanol–water partition coefficient (Wildman–Crippen LogP) is 4.91. The zero-order valence-electron chi connectivity index (χ0n) is 13.8. The van der Waals surface area contributed by atoms with Gasteiger partial charge in [0, 0.05) is 18.8 Å². The monoisotopic (exact) mass is 317 g/mol. The van der Waals surface area contributed by atoms with Gasteiger partial charge in [-0.05, 0) is 23.3 Å². The molecule has 0 N–H and O–H groups in total. The van der Waals surface area contributed by atoms with Crippen molar-refractivity contribution in [2.24, 2.45) is 0 Å². The average Bonchev–Trinajstić information content (AvgIpc) is 2.66. The molecule has 3 aromatic carbocycles. The molecule has 0 radical (unpaired) electrons. The van der Waals surface area contributed by atoms with Crippen LogP contribution < -0.4 is 4.90 Å². The second-order valence-electron chi connectivity index (χ2n) is 5.78. The van der Waals surface area contributed by atoms with Crippen molar-refractivity contribution in [3.63, 3.8) is 0 Å². The van der Waals surface area contributed by atoms with Gasteiger partial charge in [0.25, 0.3) is 0 Å². The van der Waals surface area contributed by atoms with E-state index in [1.807, 2.05) is 18.2 Å². The summed E-state index contributed by atoms with van der Waals surface area (Å²) in [6.07, 6.45) is 0. The highest BCUT2D eigenvalue weighted by Gasteiger charge is 2.07. The van der Waals surface area contributed by atoms with Gasteiger partial charge in [0.1, 0.15) is 0 Å². The van der Waals surface area contributed by atoms with E-state index in [4.69, 9.17) is 4.74 Å².